The van der Waals surface area contributed by atoms with Crippen molar-refractivity contribution in [1.82, 2.24) is 0 Å². The summed E-state index contributed by atoms with van der Waals surface area (Å²) in [6.07, 6.45) is 2.85. The van der Waals surface area contributed by atoms with Gasteiger partial charge in [0.25, 0.3) is 0 Å². The Morgan fingerprint density at radius 1 is 1.09 bits per heavy atom. The molecule has 2 N–H and O–H groups in total. The Hall–Kier alpha value is -2.06. The first kappa shape index (κ1) is 17.3. The van der Waals surface area contributed by atoms with E-state index in [2.05, 4.69) is 57.7 Å². The molecule has 0 aliphatic heterocycles. The standard InChI is InChI=1S/C21H27NO/c1-5-6-17(4)21(22)19-7-9-20(10-8-19)23-14-18-12-15(2)11-16(3)13-18/h5,7-13,17,21H,1,6,14,22H2,2-4H3. The molecule has 2 aromatic rings. The zero-order chi connectivity index (χ0) is 16.8. The molecule has 0 bridgehead atoms. The van der Waals surface area contributed by atoms with Crippen molar-refractivity contribution >= 4 is 0 Å². The summed E-state index contributed by atoms with van der Waals surface area (Å²) in [5.41, 5.74) is 11.1. The summed E-state index contributed by atoms with van der Waals surface area (Å²) in [4.78, 5) is 0. The average Bonchev–Trinajstić information content (AvgIpc) is 2.52. The van der Waals surface area contributed by atoms with Crippen LogP contribution in [0.3, 0.4) is 0 Å². The Balaban J connectivity index is 1.98. The van der Waals surface area contributed by atoms with Gasteiger partial charge < -0.3 is 10.5 Å². The molecule has 2 nitrogen and oxygen atoms in total. The third-order valence-corrected chi connectivity index (χ3v) is 4.10. The highest BCUT2D eigenvalue weighted by Crippen LogP contribution is 2.24. The number of allylic oxidation sites excluding steroid dienone is 1. The highest BCUT2D eigenvalue weighted by Gasteiger charge is 2.13. The fraction of sp³-hybridized carbons (Fsp3) is 0.333. The van der Waals surface area contributed by atoms with Crippen LogP contribution in [-0.2, 0) is 6.61 Å². The molecule has 2 unspecified atom stereocenters. The first-order valence-corrected chi connectivity index (χ1v) is 8.16. The first-order chi connectivity index (χ1) is 11.0. The summed E-state index contributed by atoms with van der Waals surface area (Å²) in [6.45, 7) is 10.7. The van der Waals surface area contributed by atoms with E-state index in [9.17, 15) is 0 Å². The van der Waals surface area contributed by atoms with E-state index in [-0.39, 0.29) is 6.04 Å². The van der Waals surface area contributed by atoms with Crippen molar-refractivity contribution < 1.29 is 4.74 Å². The minimum atomic E-state index is 0.0291. The molecule has 2 heteroatoms. The van der Waals surface area contributed by atoms with Gasteiger partial charge in [-0.2, -0.15) is 0 Å². The summed E-state index contributed by atoms with van der Waals surface area (Å²) >= 11 is 0. The van der Waals surface area contributed by atoms with Crippen LogP contribution in [0.1, 0.15) is 41.6 Å². The van der Waals surface area contributed by atoms with Crippen molar-refractivity contribution in [2.75, 3.05) is 0 Å². The van der Waals surface area contributed by atoms with Crippen molar-refractivity contribution in [3.05, 3.63) is 77.4 Å². The number of ether oxygens (including phenoxy) is 1. The molecule has 0 aliphatic carbocycles. The monoisotopic (exact) mass is 309 g/mol. The molecule has 0 amide bonds. The molecule has 122 valence electrons. The molecule has 0 aliphatic rings. The Morgan fingerprint density at radius 2 is 1.70 bits per heavy atom. The third kappa shape index (κ3) is 4.97. The van der Waals surface area contributed by atoms with Crippen LogP contribution in [0, 0.1) is 19.8 Å². The second-order valence-corrected chi connectivity index (χ2v) is 6.38. The first-order valence-electron chi connectivity index (χ1n) is 8.16. The fourth-order valence-electron chi connectivity index (χ4n) is 2.84. The van der Waals surface area contributed by atoms with Crippen LogP contribution in [0.15, 0.2) is 55.1 Å². The fourth-order valence-corrected chi connectivity index (χ4v) is 2.84. The molecule has 0 saturated carbocycles. The lowest BCUT2D eigenvalue weighted by Gasteiger charge is -2.19. The SMILES string of the molecule is C=CCC(C)C(N)c1ccc(OCc2cc(C)cc(C)c2)cc1. The minimum absolute atomic E-state index is 0.0291. The maximum absolute atomic E-state index is 6.28. The van der Waals surface area contributed by atoms with Gasteiger partial charge in [-0.1, -0.05) is 54.5 Å². The minimum Gasteiger partial charge on any atom is -0.489 e. The van der Waals surface area contributed by atoms with Crippen LogP contribution in [0.2, 0.25) is 0 Å². The number of hydrogen-bond donors (Lipinski definition) is 1. The highest BCUT2D eigenvalue weighted by molar-refractivity contribution is 5.31. The number of aryl methyl sites for hydroxylation is 2. The molecule has 0 radical (unpaired) electrons. The number of benzene rings is 2. The summed E-state index contributed by atoms with van der Waals surface area (Å²) in [5, 5.41) is 0. The van der Waals surface area contributed by atoms with E-state index in [1.807, 2.05) is 18.2 Å². The quantitative estimate of drug-likeness (QED) is 0.723. The maximum atomic E-state index is 6.28. The van der Waals surface area contributed by atoms with E-state index >= 15 is 0 Å². The van der Waals surface area contributed by atoms with Crippen molar-refractivity contribution in [1.29, 1.82) is 0 Å². The lowest BCUT2D eigenvalue weighted by molar-refractivity contribution is 0.306. The molecule has 2 atom stereocenters. The van der Waals surface area contributed by atoms with Crippen LogP contribution in [0.25, 0.3) is 0 Å². The van der Waals surface area contributed by atoms with E-state index in [0.29, 0.717) is 12.5 Å². The van der Waals surface area contributed by atoms with Gasteiger partial charge >= 0.3 is 0 Å². The smallest absolute Gasteiger partial charge is 0.119 e. The van der Waals surface area contributed by atoms with Gasteiger partial charge in [0, 0.05) is 6.04 Å². The van der Waals surface area contributed by atoms with Gasteiger partial charge in [0.2, 0.25) is 0 Å². The summed E-state index contributed by atoms with van der Waals surface area (Å²) in [7, 11) is 0. The normalized spacial score (nSPS) is 13.4. The van der Waals surface area contributed by atoms with Crippen LogP contribution in [0.5, 0.6) is 5.75 Å². The highest BCUT2D eigenvalue weighted by atomic mass is 16.5. The molecule has 0 saturated heterocycles. The molecule has 0 spiro atoms. The molecule has 0 fully saturated rings. The zero-order valence-electron chi connectivity index (χ0n) is 14.4. The van der Waals surface area contributed by atoms with Gasteiger partial charge in [0.1, 0.15) is 12.4 Å². The Labute approximate surface area is 140 Å². The summed E-state index contributed by atoms with van der Waals surface area (Å²) in [5.74, 6) is 1.26. The van der Waals surface area contributed by atoms with E-state index in [1.165, 1.54) is 16.7 Å². The molecular formula is C21H27NO. The van der Waals surface area contributed by atoms with Gasteiger partial charge in [-0.15, -0.1) is 6.58 Å². The van der Waals surface area contributed by atoms with E-state index in [1.54, 1.807) is 0 Å². The topological polar surface area (TPSA) is 35.2 Å². The Kier molecular flexibility index (Phi) is 6.00. The second kappa shape index (κ2) is 7.98. The van der Waals surface area contributed by atoms with Gasteiger partial charge in [0.05, 0.1) is 0 Å². The van der Waals surface area contributed by atoms with Crippen molar-refractivity contribution in [3.63, 3.8) is 0 Å². The van der Waals surface area contributed by atoms with Gasteiger partial charge in [-0.3, -0.25) is 0 Å². The average molecular weight is 309 g/mol. The lowest BCUT2D eigenvalue weighted by atomic mass is 9.93. The summed E-state index contributed by atoms with van der Waals surface area (Å²) in [6, 6.07) is 14.6. The predicted molar refractivity (Wildman–Crippen MR) is 97.6 cm³/mol. The van der Waals surface area contributed by atoms with Crippen LogP contribution in [-0.4, -0.2) is 0 Å². The Bertz CT molecular complexity index is 625. The number of nitrogens with two attached hydrogens (primary N) is 1. The molecule has 2 rings (SSSR count). The van der Waals surface area contributed by atoms with Crippen molar-refractivity contribution in [2.24, 2.45) is 11.7 Å². The lowest BCUT2D eigenvalue weighted by Crippen LogP contribution is -2.18. The predicted octanol–water partition coefficient (Wildman–Crippen LogP) is 5.09. The van der Waals surface area contributed by atoms with Crippen LogP contribution in [0.4, 0.5) is 0 Å². The van der Waals surface area contributed by atoms with E-state index in [0.717, 1.165) is 17.7 Å². The molecule has 0 heterocycles. The molecule has 2 aromatic carbocycles. The van der Waals surface area contributed by atoms with Crippen LogP contribution >= 0.6 is 0 Å². The summed E-state index contributed by atoms with van der Waals surface area (Å²) < 4.78 is 5.89. The second-order valence-electron chi connectivity index (χ2n) is 6.38. The largest absolute Gasteiger partial charge is 0.489 e. The van der Waals surface area contributed by atoms with Gasteiger partial charge in [-0.05, 0) is 49.4 Å². The Morgan fingerprint density at radius 3 is 2.26 bits per heavy atom. The van der Waals surface area contributed by atoms with E-state index < -0.39 is 0 Å². The maximum Gasteiger partial charge on any atom is 0.119 e. The zero-order valence-corrected chi connectivity index (χ0v) is 14.4. The third-order valence-electron chi connectivity index (χ3n) is 4.10. The van der Waals surface area contributed by atoms with E-state index in [4.69, 9.17) is 10.5 Å². The molecule has 23 heavy (non-hydrogen) atoms. The van der Waals surface area contributed by atoms with Gasteiger partial charge in [0.15, 0.2) is 0 Å². The van der Waals surface area contributed by atoms with Crippen molar-refractivity contribution in [2.45, 2.75) is 39.8 Å². The molecular weight excluding hydrogens is 282 g/mol. The van der Waals surface area contributed by atoms with Crippen LogP contribution < -0.4 is 10.5 Å². The van der Waals surface area contributed by atoms with Gasteiger partial charge in [-0.25, -0.2) is 0 Å². The number of rotatable bonds is 7. The van der Waals surface area contributed by atoms with Crippen molar-refractivity contribution in [3.8, 4) is 5.75 Å². The molecule has 0 aromatic heterocycles. The number of hydrogen-bond acceptors (Lipinski definition) is 2.